The minimum Gasteiger partial charge on any atom is -0.352 e. The van der Waals surface area contributed by atoms with Gasteiger partial charge in [-0.1, -0.05) is 38.1 Å². The van der Waals surface area contributed by atoms with Gasteiger partial charge >= 0.3 is 0 Å². The fraction of sp³-hybridized carbons (Fsp3) is 0.269. The molecule has 2 amide bonds. The predicted octanol–water partition coefficient (Wildman–Crippen LogP) is 3.61. The monoisotopic (exact) mass is 494 g/mol. The van der Waals surface area contributed by atoms with Gasteiger partial charge in [-0.25, -0.2) is 8.42 Å². The number of pyridine rings is 1. The molecular weight excluding hydrogens is 464 g/mol. The maximum absolute atomic E-state index is 12.6. The number of aryl methyl sites for hydroxylation is 1. The molecular formula is C26H30N4O4S. The van der Waals surface area contributed by atoms with Gasteiger partial charge in [-0.3, -0.25) is 14.6 Å². The van der Waals surface area contributed by atoms with Crippen LogP contribution in [0.3, 0.4) is 0 Å². The van der Waals surface area contributed by atoms with Crippen molar-refractivity contribution in [1.29, 1.82) is 0 Å². The third kappa shape index (κ3) is 7.21. The number of benzene rings is 2. The summed E-state index contributed by atoms with van der Waals surface area (Å²) in [6.45, 7) is 4.78. The van der Waals surface area contributed by atoms with Gasteiger partial charge in [0.2, 0.25) is 15.9 Å². The minimum atomic E-state index is -3.49. The van der Waals surface area contributed by atoms with Crippen molar-refractivity contribution in [2.24, 2.45) is 0 Å². The van der Waals surface area contributed by atoms with E-state index in [0.717, 1.165) is 11.1 Å². The van der Waals surface area contributed by atoms with Crippen molar-refractivity contribution < 1.29 is 18.0 Å². The first kappa shape index (κ1) is 26.1. The molecule has 2 N–H and O–H groups in total. The molecule has 0 unspecified atom stereocenters. The second-order valence-corrected chi connectivity index (χ2v) is 9.84. The fourth-order valence-electron chi connectivity index (χ4n) is 3.55. The van der Waals surface area contributed by atoms with Crippen molar-refractivity contribution in [3.05, 3.63) is 89.7 Å². The number of hydrogen-bond acceptors (Lipinski definition) is 5. The molecule has 0 atom stereocenters. The van der Waals surface area contributed by atoms with Gasteiger partial charge in [0.15, 0.2) is 0 Å². The summed E-state index contributed by atoms with van der Waals surface area (Å²) in [7, 11) is -3.49. The summed E-state index contributed by atoms with van der Waals surface area (Å²) in [5.74, 6) is -0.347. The molecule has 0 spiro atoms. The Morgan fingerprint density at radius 3 is 2.26 bits per heavy atom. The molecule has 184 valence electrons. The number of carbonyl (C=O) groups is 2. The van der Waals surface area contributed by atoms with Gasteiger partial charge < -0.3 is 10.6 Å². The third-order valence-electron chi connectivity index (χ3n) is 5.52. The normalized spacial score (nSPS) is 11.3. The first-order valence-corrected chi connectivity index (χ1v) is 12.9. The van der Waals surface area contributed by atoms with Gasteiger partial charge in [0.25, 0.3) is 5.91 Å². The molecule has 8 nitrogen and oxygen atoms in total. The zero-order valence-corrected chi connectivity index (χ0v) is 20.7. The average molecular weight is 495 g/mol. The second-order valence-electron chi connectivity index (χ2n) is 7.90. The molecule has 0 saturated heterocycles. The van der Waals surface area contributed by atoms with E-state index in [4.69, 9.17) is 0 Å². The maximum Gasteiger partial charge on any atom is 0.255 e. The van der Waals surface area contributed by atoms with E-state index in [1.54, 1.807) is 54.9 Å². The number of amides is 2. The number of aromatic nitrogens is 1. The van der Waals surface area contributed by atoms with Crippen LogP contribution in [-0.4, -0.2) is 42.6 Å². The Bertz CT molecular complexity index is 1240. The smallest absolute Gasteiger partial charge is 0.255 e. The van der Waals surface area contributed by atoms with Crippen molar-refractivity contribution in [1.82, 2.24) is 14.6 Å². The quantitative estimate of drug-likeness (QED) is 0.423. The van der Waals surface area contributed by atoms with Gasteiger partial charge in [-0.2, -0.15) is 4.31 Å². The molecule has 0 aliphatic rings. The summed E-state index contributed by atoms with van der Waals surface area (Å²) in [6, 6.07) is 17.2. The molecule has 3 aromatic rings. The van der Waals surface area contributed by atoms with Crippen LogP contribution in [-0.2, 0) is 27.8 Å². The van der Waals surface area contributed by atoms with Crippen LogP contribution in [0.4, 0.5) is 5.69 Å². The van der Waals surface area contributed by atoms with Gasteiger partial charge in [0, 0.05) is 49.7 Å². The van der Waals surface area contributed by atoms with E-state index in [1.807, 2.05) is 32.0 Å². The highest BCUT2D eigenvalue weighted by Gasteiger charge is 2.21. The predicted molar refractivity (Wildman–Crippen MR) is 135 cm³/mol. The van der Waals surface area contributed by atoms with Gasteiger partial charge in [0.05, 0.1) is 4.90 Å². The molecule has 0 saturated carbocycles. The number of nitrogens with one attached hydrogen (secondary N) is 2. The molecule has 0 radical (unpaired) electrons. The molecule has 9 heteroatoms. The van der Waals surface area contributed by atoms with Crippen molar-refractivity contribution >= 4 is 27.5 Å². The molecule has 2 aromatic carbocycles. The second kappa shape index (κ2) is 12.2. The van der Waals surface area contributed by atoms with Crippen molar-refractivity contribution in [2.75, 3.05) is 18.4 Å². The molecule has 0 aliphatic carbocycles. The lowest BCUT2D eigenvalue weighted by Crippen LogP contribution is -2.30. The minimum absolute atomic E-state index is 0.115. The molecule has 3 rings (SSSR count). The van der Waals surface area contributed by atoms with Crippen molar-refractivity contribution in [3.8, 4) is 0 Å². The van der Waals surface area contributed by atoms with Crippen LogP contribution >= 0.6 is 0 Å². The zero-order chi connectivity index (χ0) is 25.3. The molecule has 0 aliphatic heterocycles. The Kier molecular flexibility index (Phi) is 9.11. The SMILES string of the molecule is CCN(CC)S(=O)(=O)c1ccc(CCC(=O)NCc2cccc(NC(=O)c3ccncc3)c2)cc1. The number of nitrogens with zero attached hydrogens (tertiary/aromatic N) is 2. The van der Waals surface area contributed by atoms with Crippen molar-refractivity contribution in [2.45, 2.75) is 38.1 Å². The largest absolute Gasteiger partial charge is 0.352 e. The fourth-order valence-corrected chi connectivity index (χ4v) is 5.01. The Morgan fingerprint density at radius 2 is 1.60 bits per heavy atom. The summed E-state index contributed by atoms with van der Waals surface area (Å²) >= 11 is 0. The molecule has 1 heterocycles. The molecule has 0 fully saturated rings. The maximum atomic E-state index is 12.6. The van der Waals surface area contributed by atoms with Crippen molar-refractivity contribution in [3.63, 3.8) is 0 Å². The van der Waals surface area contributed by atoms with Crippen LogP contribution in [0.25, 0.3) is 0 Å². The number of rotatable bonds is 11. The van der Waals surface area contributed by atoms with Crippen LogP contribution in [0.5, 0.6) is 0 Å². The Labute approximate surface area is 206 Å². The van der Waals surface area contributed by atoms with Gasteiger partial charge in [0.1, 0.15) is 0 Å². The molecule has 1 aromatic heterocycles. The highest BCUT2D eigenvalue weighted by molar-refractivity contribution is 7.89. The third-order valence-corrected chi connectivity index (χ3v) is 7.59. The van der Waals surface area contributed by atoms with E-state index in [1.165, 1.54) is 4.31 Å². The number of hydrogen-bond donors (Lipinski definition) is 2. The average Bonchev–Trinajstić information content (AvgIpc) is 2.88. The Hall–Kier alpha value is -3.56. The van der Waals surface area contributed by atoms with E-state index in [2.05, 4.69) is 15.6 Å². The molecule has 0 bridgehead atoms. The highest BCUT2D eigenvalue weighted by Crippen LogP contribution is 2.17. The Balaban J connectivity index is 1.49. The molecule has 35 heavy (non-hydrogen) atoms. The number of anilines is 1. The summed E-state index contributed by atoms with van der Waals surface area (Å²) in [6.07, 6.45) is 3.90. The Morgan fingerprint density at radius 1 is 0.914 bits per heavy atom. The van der Waals surface area contributed by atoms with Gasteiger partial charge in [-0.05, 0) is 53.9 Å². The highest BCUT2D eigenvalue weighted by atomic mass is 32.2. The van der Waals surface area contributed by atoms with E-state index in [-0.39, 0.29) is 23.1 Å². The van der Waals surface area contributed by atoms with Crippen LogP contribution < -0.4 is 10.6 Å². The lowest BCUT2D eigenvalue weighted by Gasteiger charge is -2.18. The number of sulfonamides is 1. The summed E-state index contributed by atoms with van der Waals surface area (Å²) in [5.41, 5.74) is 2.90. The van der Waals surface area contributed by atoms with E-state index >= 15 is 0 Å². The lowest BCUT2D eigenvalue weighted by atomic mass is 10.1. The van der Waals surface area contributed by atoms with E-state index in [9.17, 15) is 18.0 Å². The number of carbonyl (C=O) groups excluding carboxylic acids is 2. The van der Waals surface area contributed by atoms with E-state index in [0.29, 0.717) is 37.3 Å². The van der Waals surface area contributed by atoms with Crippen LogP contribution in [0.1, 0.15) is 41.8 Å². The lowest BCUT2D eigenvalue weighted by molar-refractivity contribution is -0.121. The zero-order valence-electron chi connectivity index (χ0n) is 19.9. The topological polar surface area (TPSA) is 108 Å². The van der Waals surface area contributed by atoms with Crippen LogP contribution in [0.15, 0.2) is 78.0 Å². The summed E-state index contributed by atoms with van der Waals surface area (Å²) in [4.78, 5) is 28.8. The summed E-state index contributed by atoms with van der Waals surface area (Å²) in [5, 5.41) is 5.72. The van der Waals surface area contributed by atoms with E-state index < -0.39 is 10.0 Å². The standard InChI is InChI=1S/C26H30N4O4S/c1-3-30(4-2)35(33,34)24-11-8-20(9-12-24)10-13-25(31)28-19-21-6-5-7-23(18-21)29-26(32)22-14-16-27-17-15-22/h5-9,11-12,14-18H,3-4,10,13,19H2,1-2H3,(H,28,31)(H,29,32). The first-order chi connectivity index (χ1) is 16.8. The first-order valence-electron chi connectivity index (χ1n) is 11.5. The van der Waals surface area contributed by atoms with Crippen LogP contribution in [0, 0.1) is 0 Å². The van der Waals surface area contributed by atoms with Crippen LogP contribution in [0.2, 0.25) is 0 Å². The summed E-state index contributed by atoms with van der Waals surface area (Å²) < 4.78 is 26.6. The van der Waals surface area contributed by atoms with Gasteiger partial charge in [-0.15, -0.1) is 0 Å².